The van der Waals surface area contributed by atoms with Gasteiger partial charge in [0.15, 0.2) is 0 Å². The highest BCUT2D eigenvalue weighted by atomic mass is 16.4. The van der Waals surface area contributed by atoms with E-state index < -0.39 is 12.0 Å². The summed E-state index contributed by atoms with van der Waals surface area (Å²) in [5.74, 6) is -1.18. The van der Waals surface area contributed by atoms with Crippen LogP contribution < -0.4 is 10.6 Å². The number of piperidine rings is 1. The molecule has 0 unspecified atom stereocenters. The van der Waals surface area contributed by atoms with Gasteiger partial charge in [-0.1, -0.05) is 36.8 Å². The molecular weight excluding hydrogens is 268 g/mol. The van der Waals surface area contributed by atoms with Crippen molar-refractivity contribution in [3.05, 3.63) is 35.9 Å². The third-order valence-corrected chi connectivity index (χ3v) is 3.81. The molecule has 1 aromatic rings. The summed E-state index contributed by atoms with van der Waals surface area (Å²) in [7, 11) is 0. The molecule has 0 aliphatic carbocycles. The standard InChI is InChI=1S/C16H22N2O3/c19-15(13-8-4-5-11-17-13)18-14(16(20)21)10-9-12-6-2-1-3-7-12/h1-3,6-7,13-14,17H,4-5,8-11H2,(H,18,19)(H,20,21)/t13-,14+/m0/s1. The van der Waals surface area contributed by atoms with Crippen LogP contribution in [0.25, 0.3) is 0 Å². The van der Waals surface area contributed by atoms with Crippen molar-refractivity contribution in [1.82, 2.24) is 10.6 Å². The minimum absolute atomic E-state index is 0.199. The average Bonchev–Trinajstić information content (AvgIpc) is 2.52. The molecule has 5 heteroatoms. The molecule has 1 heterocycles. The predicted octanol–water partition coefficient (Wildman–Crippen LogP) is 1.33. The molecule has 0 aromatic heterocycles. The molecule has 1 saturated heterocycles. The molecule has 1 aromatic carbocycles. The third-order valence-electron chi connectivity index (χ3n) is 3.81. The number of carbonyl (C=O) groups excluding carboxylic acids is 1. The Balaban J connectivity index is 1.86. The summed E-state index contributed by atoms with van der Waals surface area (Å²) in [5, 5.41) is 15.1. The lowest BCUT2D eigenvalue weighted by Gasteiger charge is -2.24. The van der Waals surface area contributed by atoms with E-state index in [9.17, 15) is 14.7 Å². The summed E-state index contributed by atoms with van der Waals surface area (Å²) in [5.41, 5.74) is 1.08. The number of carbonyl (C=O) groups is 2. The van der Waals surface area contributed by atoms with Crippen molar-refractivity contribution >= 4 is 11.9 Å². The Labute approximate surface area is 124 Å². The Morgan fingerprint density at radius 3 is 2.67 bits per heavy atom. The first kappa shape index (κ1) is 15.5. The fourth-order valence-corrected chi connectivity index (χ4v) is 2.56. The lowest BCUT2D eigenvalue weighted by molar-refractivity contribution is -0.142. The van der Waals surface area contributed by atoms with Crippen LogP contribution >= 0.6 is 0 Å². The van der Waals surface area contributed by atoms with Crippen LogP contribution in [0.5, 0.6) is 0 Å². The third kappa shape index (κ3) is 4.86. The molecule has 5 nitrogen and oxygen atoms in total. The molecule has 114 valence electrons. The van der Waals surface area contributed by atoms with E-state index in [1.807, 2.05) is 30.3 Å². The van der Waals surface area contributed by atoms with Gasteiger partial charge in [-0.05, 0) is 37.8 Å². The number of rotatable bonds is 6. The van der Waals surface area contributed by atoms with Crippen molar-refractivity contribution in [1.29, 1.82) is 0 Å². The Kier molecular flexibility index (Phi) is 5.75. The molecule has 0 spiro atoms. The van der Waals surface area contributed by atoms with E-state index in [1.54, 1.807) is 0 Å². The van der Waals surface area contributed by atoms with E-state index in [-0.39, 0.29) is 11.9 Å². The maximum absolute atomic E-state index is 12.1. The number of aliphatic carboxylic acids is 1. The zero-order chi connectivity index (χ0) is 15.1. The van der Waals surface area contributed by atoms with E-state index in [0.29, 0.717) is 12.8 Å². The van der Waals surface area contributed by atoms with Gasteiger partial charge in [-0.2, -0.15) is 0 Å². The lowest BCUT2D eigenvalue weighted by atomic mass is 10.0. The van der Waals surface area contributed by atoms with Crippen molar-refractivity contribution < 1.29 is 14.7 Å². The maximum atomic E-state index is 12.1. The molecule has 1 aliphatic rings. The van der Waals surface area contributed by atoms with Crippen LogP contribution in [0.3, 0.4) is 0 Å². The van der Waals surface area contributed by atoms with E-state index >= 15 is 0 Å². The Hall–Kier alpha value is -1.88. The van der Waals surface area contributed by atoms with E-state index in [1.165, 1.54) is 0 Å². The molecular formula is C16H22N2O3. The zero-order valence-corrected chi connectivity index (χ0v) is 12.0. The highest BCUT2D eigenvalue weighted by molar-refractivity contribution is 5.86. The number of carboxylic acids is 1. The molecule has 0 bridgehead atoms. The Bertz CT molecular complexity index is 470. The van der Waals surface area contributed by atoms with Crippen molar-refractivity contribution in [3.63, 3.8) is 0 Å². The van der Waals surface area contributed by atoms with E-state index in [0.717, 1.165) is 31.4 Å². The van der Waals surface area contributed by atoms with Gasteiger partial charge in [0.2, 0.25) is 5.91 Å². The van der Waals surface area contributed by atoms with Gasteiger partial charge in [-0.15, -0.1) is 0 Å². The van der Waals surface area contributed by atoms with Crippen molar-refractivity contribution in [2.24, 2.45) is 0 Å². The summed E-state index contributed by atoms with van der Waals surface area (Å²) >= 11 is 0. The number of nitrogens with one attached hydrogen (secondary N) is 2. The molecule has 0 radical (unpaired) electrons. The maximum Gasteiger partial charge on any atom is 0.326 e. The summed E-state index contributed by atoms with van der Waals surface area (Å²) in [6, 6.07) is 8.62. The van der Waals surface area contributed by atoms with Gasteiger partial charge in [0.05, 0.1) is 6.04 Å². The number of amides is 1. The number of hydrogen-bond donors (Lipinski definition) is 3. The van der Waals surface area contributed by atoms with Gasteiger partial charge in [0.25, 0.3) is 0 Å². The van der Waals surface area contributed by atoms with Gasteiger partial charge >= 0.3 is 5.97 Å². The van der Waals surface area contributed by atoms with Gasteiger partial charge < -0.3 is 15.7 Å². The topological polar surface area (TPSA) is 78.4 Å². The number of aryl methyl sites for hydroxylation is 1. The monoisotopic (exact) mass is 290 g/mol. The molecule has 0 saturated carbocycles. The minimum atomic E-state index is -0.977. The molecule has 21 heavy (non-hydrogen) atoms. The normalized spacial score (nSPS) is 19.7. The fourth-order valence-electron chi connectivity index (χ4n) is 2.56. The van der Waals surface area contributed by atoms with E-state index in [4.69, 9.17) is 0 Å². The first-order valence-electron chi connectivity index (χ1n) is 7.47. The summed E-state index contributed by atoms with van der Waals surface area (Å²) in [6.45, 7) is 0.819. The minimum Gasteiger partial charge on any atom is -0.480 e. The second-order valence-electron chi connectivity index (χ2n) is 5.43. The molecule has 1 fully saturated rings. The van der Waals surface area contributed by atoms with Crippen LogP contribution in [0, 0.1) is 0 Å². The van der Waals surface area contributed by atoms with E-state index in [2.05, 4.69) is 10.6 Å². The second kappa shape index (κ2) is 7.78. The Morgan fingerprint density at radius 2 is 2.05 bits per heavy atom. The van der Waals surface area contributed by atoms with Crippen LogP contribution in [-0.2, 0) is 16.0 Å². The molecule has 1 amide bonds. The highest BCUT2D eigenvalue weighted by Crippen LogP contribution is 2.09. The second-order valence-corrected chi connectivity index (χ2v) is 5.43. The average molecular weight is 290 g/mol. The first-order chi connectivity index (χ1) is 10.2. The molecule has 1 aliphatic heterocycles. The van der Waals surface area contributed by atoms with Crippen LogP contribution in [0.1, 0.15) is 31.2 Å². The number of hydrogen-bond acceptors (Lipinski definition) is 3. The van der Waals surface area contributed by atoms with Crippen molar-refractivity contribution in [3.8, 4) is 0 Å². The van der Waals surface area contributed by atoms with Gasteiger partial charge in [0.1, 0.15) is 6.04 Å². The Morgan fingerprint density at radius 1 is 1.29 bits per heavy atom. The quantitative estimate of drug-likeness (QED) is 0.738. The van der Waals surface area contributed by atoms with Crippen LogP contribution in [0.2, 0.25) is 0 Å². The summed E-state index contributed by atoms with van der Waals surface area (Å²) < 4.78 is 0. The number of benzene rings is 1. The summed E-state index contributed by atoms with van der Waals surface area (Å²) in [4.78, 5) is 23.4. The largest absolute Gasteiger partial charge is 0.480 e. The predicted molar refractivity (Wildman–Crippen MR) is 80.0 cm³/mol. The van der Waals surface area contributed by atoms with Gasteiger partial charge in [0, 0.05) is 0 Å². The molecule has 2 rings (SSSR count). The van der Waals surface area contributed by atoms with Crippen LogP contribution in [0.15, 0.2) is 30.3 Å². The van der Waals surface area contributed by atoms with Crippen molar-refractivity contribution in [2.45, 2.75) is 44.2 Å². The van der Waals surface area contributed by atoms with Crippen molar-refractivity contribution in [2.75, 3.05) is 6.54 Å². The number of carboxylic acid groups (broad SMARTS) is 1. The van der Waals surface area contributed by atoms with Gasteiger partial charge in [-0.3, -0.25) is 4.79 Å². The van der Waals surface area contributed by atoms with Crippen LogP contribution in [-0.4, -0.2) is 35.6 Å². The molecule has 2 atom stereocenters. The zero-order valence-electron chi connectivity index (χ0n) is 12.0. The molecule has 3 N–H and O–H groups in total. The lowest BCUT2D eigenvalue weighted by Crippen LogP contribution is -2.51. The smallest absolute Gasteiger partial charge is 0.326 e. The SMILES string of the molecule is O=C(N[C@H](CCc1ccccc1)C(=O)O)[C@@H]1CCCCN1. The van der Waals surface area contributed by atoms with Crippen LogP contribution in [0.4, 0.5) is 0 Å². The first-order valence-corrected chi connectivity index (χ1v) is 7.47. The highest BCUT2D eigenvalue weighted by Gasteiger charge is 2.25. The van der Waals surface area contributed by atoms with Gasteiger partial charge in [-0.25, -0.2) is 4.79 Å². The summed E-state index contributed by atoms with van der Waals surface area (Å²) in [6.07, 6.45) is 3.89. The fraction of sp³-hybridized carbons (Fsp3) is 0.500.